The van der Waals surface area contributed by atoms with Gasteiger partial charge in [-0.1, -0.05) is 12.1 Å². The quantitative estimate of drug-likeness (QED) is 0.649. The summed E-state index contributed by atoms with van der Waals surface area (Å²) in [4.78, 5) is 18.2. The number of nitrogens with one attached hydrogen (secondary N) is 1. The number of rotatable bonds is 1. The molecule has 1 heterocycles. The van der Waals surface area contributed by atoms with Crippen molar-refractivity contribution in [1.82, 2.24) is 5.32 Å². The van der Waals surface area contributed by atoms with E-state index in [-0.39, 0.29) is 11.9 Å². The standard InChI is InChI=1S/C10H12FNO.C2H2O4/c11-9-3-1-8(2-4-9)10-7-12-5-6-13-10;3-1(4)2(5)6/h1-4,10,12H,5-7H2;(H,3,4)(H,5,6). The van der Waals surface area contributed by atoms with Crippen molar-refractivity contribution in [2.45, 2.75) is 6.10 Å². The fourth-order valence-corrected chi connectivity index (χ4v) is 1.46. The first-order valence-corrected chi connectivity index (χ1v) is 5.54. The molecule has 19 heavy (non-hydrogen) atoms. The van der Waals surface area contributed by atoms with Crippen molar-refractivity contribution in [2.75, 3.05) is 19.7 Å². The number of hydrogen-bond donors (Lipinski definition) is 3. The van der Waals surface area contributed by atoms with Crippen LogP contribution in [0.25, 0.3) is 0 Å². The number of hydrogen-bond acceptors (Lipinski definition) is 4. The van der Waals surface area contributed by atoms with Crippen molar-refractivity contribution >= 4 is 11.9 Å². The molecule has 0 aliphatic carbocycles. The van der Waals surface area contributed by atoms with E-state index in [4.69, 9.17) is 24.5 Å². The van der Waals surface area contributed by atoms with Crippen LogP contribution < -0.4 is 5.32 Å². The van der Waals surface area contributed by atoms with E-state index in [1.807, 2.05) is 0 Å². The van der Waals surface area contributed by atoms with Gasteiger partial charge in [0, 0.05) is 13.1 Å². The van der Waals surface area contributed by atoms with E-state index >= 15 is 0 Å². The van der Waals surface area contributed by atoms with Crippen LogP contribution in [0.3, 0.4) is 0 Å². The first kappa shape index (κ1) is 15.1. The predicted molar refractivity (Wildman–Crippen MR) is 63.2 cm³/mol. The van der Waals surface area contributed by atoms with Gasteiger partial charge in [0.1, 0.15) is 5.82 Å². The molecular formula is C12H14FNO5. The smallest absolute Gasteiger partial charge is 0.414 e. The molecule has 1 aliphatic heterocycles. The molecule has 0 saturated carbocycles. The second-order valence-corrected chi connectivity index (χ2v) is 3.73. The topological polar surface area (TPSA) is 95.9 Å². The molecule has 3 N–H and O–H groups in total. The van der Waals surface area contributed by atoms with Gasteiger partial charge in [0.05, 0.1) is 12.7 Å². The Bertz CT molecular complexity index is 416. The van der Waals surface area contributed by atoms with Crippen molar-refractivity contribution < 1.29 is 28.9 Å². The Balaban J connectivity index is 0.000000258. The predicted octanol–water partition coefficient (Wildman–Crippen LogP) is 0.642. The maximum absolute atomic E-state index is 12.6. The molecule has 2 rings (SSSR count). The van der Waals surface area contributed by atoms with E-state index in [9.17, 15) is 4.39 Å². The third-order valence-electron chi connectivity index (χ3n) is 2.35. The van der Waals surface area contributed by atoms with Crippen molar-refractivity contribution in [1.29, 1.82) is 0 Å². The van der Waals surface area contributed by atoms with Crippen LogP contribution in [-0.4, -0.2) is 41.8 Å². The first-order valence-electron chi connectivity index (χ1n) is 5.54. The average Bonchev–Trinajstić information content (AvgIpc) is 2.41. The molecule has 1 aromatic rings. The number of carboxylic acid groups (broad SMARTS) is 2. The Morgan fingerprint density at radius 1 is 1.21 bits per heavy atom. The number of aliphatic carboxylic acids is 2. The van der Waals surface area contributed by atoms with Gasteiger partial charge in [-0.05, 0) is 17.7 Å². The second kappa shape index (κ2) is 7.45. The minimum atomic E-state index is -1.82. The molecule has 1 aliphatic rings. The number of ether oxygens (including phenoxy) is 1. The third kappa shape index (κ3) is 5.45. The summed E-state index contributed by atoms with van der Waals surface area (Å²) in [5.74, 6) is -3.85. The van der Waals surface area contributed by atoms with Gasteiger partial charge >= 0.3 is 11.9 Å². The monoisotopic (exact) mass is 271 g/mol. The largest absolute Gasteiger partial charge is 0.473 e. The summed E-state index contributed by atoms with van der Waals surface area (Å²) in [6, 6.07) is 6.47. The molecule has 1 saturated heterocycles. The maximum atomic E-state index is 12.6. The van der Waals surface area contributed by atoms with E-state index in [1.54, 1.807) is 12.1 Å². The Morgan fingerprint density at radius 3 is 2.21 bits per heavy atom. The number of carboxylic acids is 2. The normalized spacial score (nSPS) is 18.1. The highest BCUT2D eigenvalue weighted by Crippen LogP contribution is 2.18. The molecule has 0 spiro atoms. The number of halogens is 1. The average molecular weight is 271 g/mol. The Hall–Kier alpha value is -1.99. The van der Waals surface area contributed by atoms with E-state index in [2.05, 4.69) is 5.32 Å². The summed E-state index contributed by atoms with van der Waals surface area (Å²) in [6.45, 7) is 2.44. The fraction of sp³-hybridized carbons (Fsp3) is 0.333. The molecule has 1 unspecified atom stereocenters. The van der Waals surface area contributed by atoms with Gasteiger partial charge in [-0.25, -0.2) is 14.0 Å². The molecule has 1 atom stereocenters. The molecule has 1 fully saturated rings. The van der Waals surface area contributed by atoms with Gasteiger partial charge in [-0.3, -0.25) is 0 Å². The van der Waals surface area contributed by atoms with Crippen molar-refractivity contribution in [2.24, 2.45) is 0 Å². The van der Waals surface area contributed by atoms with Gasteiger partial charge in [-0.2, -0.15) is 0 Å². The molecule has 6 nitrogen and oxygen atoms in total. The molecule has 0 bridgehead atoms. The minimum absolute atomic E-state index is 0.0781. The number of carbonyl (C=O) groups is 2. The van der Waals surface area contributed by atoms with E-state index < -0.39 is 11.9 Å². The minimum Gasteiger partial charge on any atom is -0.473 e. The van der Waals surface area contributed by atoms with Crippen LogP contribution in [0.2, 0.25) is 0 Å². The van der Waals surface area contributed by atoms with Crippen LogP contribution >= 0.6 is 0 Å². The van der Waals surface area contributed by atoms with Crippen molar-refractivity contribution in [3.05, 3.63) is 35.6 Å². The summed E-state index contributed by atoms with van der Waals surface area (Å²) >= 11 is 0. The number of benzene rings is 1. The SMILES string of the molecule is Fc1ccc(C2CNCCO2)cc1.O=C(O)C(=O)O. The van der Waals surface area contributed by atoms with Crippen LogP contribution in [0.4, 0.5) is 4.39 Å². The molecular weight excluding hydrogens is 257 g/mol. The maximum Gasteiger partial charge on any atom is 0.414 e. The summed E-state index contributed by atoms with van der Waals surface area (Å²) in [7, 11) is 0. The Kier molecular flexibility index (Phi) is 5.91. The van der Waals surface area contributed by atoms with Crippen molar-refractivity contribution in [3.8, 4) is 0 Å². The summed E-state index contributed by atoms with van der Waals surface area (Å²) < 4.78 is 18.1. The van der Waals surface area contributed by atoms with Gasteiger partial charge in [0.2, 0.25) is 0 Å². The van der Waals surface area contributed by atoms with Gasteiger partial charge in [0.15, 0.2) is 0 Å². The Morgan fingerprint density at radius 2 is 1.79 bits per heavy atom. The molecule has 0 radical (unpaired) electrons. The van der Waals surface area contributed by atoms with Crippen LogP contribution in [0.5, 0.6) is 0 Å². The molecule has 0 aromatic heterocycles. The molecule has 0 amide bonds. The first-order chi connectivity index (χ1) is 9.00. The zero-order valence-electron chi connectivity index (χ0n) is 10.0. The fourth-order valence-electron chi connectivity index (χ4n) is 1.46. The zero-order chi connectivity index (χ0) is 14.3. The van der Waals surface area contributed by atoms with E-state index in [0.717, 1.165) is 25.3 Å². The highest BCUT2D eigenvalue weighted by atomic mass is 19.1. The lowest BCUT2D eigenvalue weighted by Gasteiger charge is -2.23. The van der Waals surface area contributed by atoms with Crippen LogP contribution in [-0.2, 0) is 14.3 Å². The summed E-state index contributed by atoms with van der Waals surface area (Å²) in [6.07, 6.45) is 0.0781. The highest BCUT2D eigenvalue weighted by molar-refractivity contribution is 6.27. The Labute approximate surface area is 108 Å². The lowest BCUT2D eigenvalue weighted by atomic mass is 10.1. The highest BCUT2D eigenvalue weighted by Gasteiger charge is 2.14. The van der Waals surface area contributed by atoms with E-state index in [1.165, 1.54) is 12.1 Å². The lowest BCUT2D eigenvalue weighted by molar-refractivity contribution is -0.159. The zero-order valence-corrected chi connectivity index (χ0v) is 10.0. The molecule has 1 aromatic carbocycles. The van der Waals surface area contributed by atoms with Crippen LogP contribution in [0.15, 0.2) is 24.3 Å². The molecule has 104 valence electrons. The van der Waals surface area contributed by atoms with Gasteiger partial charge in [0.25, 0.3) is 0 Å². The lowest BCUT2D eigenvalue weighted by Crippen LogP contribution is -2.33. The van der Waals surface area contributed by atoms with E-state index in [0.29, 0.717) is 0 Å². The van der Waals surface area contributed by atoms with Crippen molar-refractivity contribution in [3.63, 3.8) is 0 Å². The summed E-state index contributed by atoms with van der Waals surface area (Å²) in [5, 5.41) is 18.0. The van der Waals surface area contributed by atoms with Gasteiger partial charge < -0.3 is 20.3 Å². The van der Waals surface area contributed by atoms with Crippen LogP contribution in [0.1, 0.15) is 11.7 Å². The van der Waals surface area contributed by atoms with Crippen LogP contribution in [0, 0.1) is 5.82 Å². The number of morpholine rings is 1. The second-order valence-electron chi connectivity index (χ2n) is 3.73. The molecule has 7 heteroatoms. The summed E-state index contributed by atoms with van der Waals surface area (Å²) in [5.41, 5.74) is 1.04. The van der Waals surface area contributed by atoms with Gasteiger partial charge in [-0.15, -0.1) is 0 Å². The third-order valence-corrected chi connectivity index (χ3v) is 2.35.